The number of hydrogen-bond donors (Lipinski definition) is 1. The van der Waals surface area contributed by atoms with E-state index in [2.05, 4.69) is 46.4 Å². The zero-order chi connectivity index (χ0) is 22.3. The first-order chi connectivity index (χ1) is 15.6. The van der Waals surface area contributed by atoms with Gasteiger partial charge in [0.05, 0.1) is 18.9 Å². The van der Waals surface area contributed by atoms with E-state index in [4.69, 9.17) is 9.15 Å². The number of hydrogen-bond acceptors (Lipinski definition) is 6. The van der Waals surface area contributed by atoms with Gasteiger partial charge in [-0.25, -0.2) is 4.98 Å². The third kappa shape index (κ3) is 6.00. The van der Waals surface area contributed by atoms with Crippen LogP contribution < -0.4 is 5.32 Å². The standard InChI is InChI=1S/C25H29N3O3S/c1-18-3-9-22(10-4-18)32-17-23-19(2)31-25(27-23)21-7-5-20(6-8-21)24(29)26-11-12-28-13-15-30-16-14-28/h3-10H,11-17H2,1-2H3,(H,26,29). The molecule has 0 bridgehead atoms. The molecule has 3 aromatic rings. The molecule has 32 heavy (non-hydrogen) atoms. The zero-order valence-corrected chi connectivity index (χ0v) is 19.4. The van der Waals surface area contributed by atoms with E-state index in [1.165, 1.54) is 10.5 Å². The molecule has 1 N–H and O–H groups in total. The molecule has 1 saturated heterocycles. The lowest BCUT2D eigenvalue weighted by Gasteiger charge is -2.26. The minimum absolute atomic E-state index is 0.0661. The number of oxazole rings is 1. The third-order valence-corrected chi connectivity index (χ3v) is 6.52. The van der Waals surface area contributed by atoms with Gasteiger partial charge in [-0.1, -0.05) is 17.7 Å². The Morgan fingerprint density at radius 1 is 1.06 bits per heavy atom. The molecule has 1 fully saturated rings. The number of nitrogens with zero attached hydrogens (tertiary/aromatic N) is 2. The van der Waals surface area contributed by atoms with Crippen molar-refractivity contribution in [3.63, 3.8) is 0 Å². The quantitative estimate of drug-likeness (QED) is 0.515. The van der Waals surface area contributed by atoms with Crippen molar-refractivity contribution in [2.45, 2.75) is 24.5 Å². The Hall–Kier alpha value is -2.61. The summed E-state index contributed by atoms with van der Waals surface area (Å²) in [6, 6.07) is 15.9. The summed E-state index contributed by atoms with van der Waals surface area (Å²) < 4.78 is 11.2. The van der Waals surface area contributed by atoms with E-state index in [1.807, 2.05) is 31.2 Å². The molecule has 0 aliphatic carbocycles. The lowest BCUT2D eigenvalue weighted by Crippen LogP contribution is -2.41. The molecule has 1 aromatic heterocycles. The highest BCUT2D eigenvalue weighted by Gasteiger charge is 2.14. The summed E-state index contributed by atoms with van der Waals surface area (Å²) >= 11 is 1.74. The van der Waals surface area contributed by atoms with Crippen molar-refractivity contribution in [3.8, 4) is 11.5 Å². The Balaban J connectivity index is 1.31. The average Bonchev–Trinajstić information content (AvgIpc) is 3.20. The topological polar surface area (TPSA) is 67.6 Å². The smallest absolute Gasteiger partial charge is 0.251 e. The van der Waals surface area contributed by atoms with Crippen LogP contribution in [0.5, 0.6) is 0 Å². The van der Waals surface area contributed by atoms with Crippen molar-refractivity contribution >= 4 is 17.7 Å². The number of aryl methyl sites for hydroxylation is 2. The van der Waals surface area contributed by atoms with Crippen molar-refractivity contribution in [3.05, 3.63) is 71.1 Å². The third-order valence-electron chi connectivity index (χ3n) is 5.50. The van der Waals surface area contributed by atoms with Crippen LogP contribution in [0.2, 0.25) is 0 Å². The van der Waals surface area contributed by atoms with Crippen molar-refractivity contribution in [2.75, 3.05) is 39.4 Å². The summed E-state index contributed by atoms with van der Waals surface area (Å²) in [5.74, 6) is 2.09. The van der Waals surface area contributed by atoms with Gasteiger partial charge in [0, 0.05) is 48.0 Å². The number of aromatic nitrogens is 1. The average molecular weight is 452 g/mol. The number of morpholine rings is 1. The van der Waals surface area contributed by atoms with Crippen LogP contribution >= 0.6 is 11.8 Å². The van der Waals surface area contributed by atoms with Crippen molar-refractivity contribution in [1.29, 1.82) is 0 Å². The number of carbonyl (C=O) groups is 1. The first kappa shape index (κ1) is 22.6. The van der Waals surface area contributed by atoms with Crippen molar-refractivity contribution in [2.24, 2.45) is 0 Å². The largest absolute Gasteiger partial charge is 0.441 e. The Kier molecular flexibility index (Phi) is 7.63. The van der Waals surface area contributed by atoms with E-state index in [0.717, 1.165) is 55.6 Å². The van der Waals surface area contributed by atoms with Crippen molar-refractivity contribution < 1.29 is 13.9 Å². The van der Waals surface area contributed by atoms with Gasteiger partial charge in [-0.2, -0.15) is 0 Å². The molecule has 6 nitrogen and oxygen atoms in total. The van der Waals surface area contributed by atoms with Gasteiger partial charge in [0.15, 0.2) is 0 Å². The number of ether oxygens (including phenoxy) is 1. The van der Waals surface area contributed by atoms with Gasteiger partial charge < -0.3 is 14.5 Å². The highest BCUT2D eigenvalue weighted by atomic mass is 32.2. The molecule has 4 rings (SSSR count). The van der Waals surface area contributed by atoms with Gasteiger partial charge in [-0.05, 0) is 50.2 Å². The fraction of sp³-hybridized carbons (Fsp3) is 0.360. The number of thioether (sulfide) groups is 1. The normalized spacial score (nSPS) is 14.4. The van der Waals surface area contributed by atoms with Gasteiger partial charge >= 0.3 is 0 Å². The van der Waals surface area contributed by atoms with Crippen LogP contribution in [0.4, 0.5) is 0 Å². The van der Waals surface area contributed by atoms with Crippen LogP contribution in [0.25, 0.3) is 11.5 Å². The fourth-order valence-corrected chi connectivity index (χ4v) is 4.39. The van der Waals surface area contributed by atoms with Crippen molar-refractivity contribution in [1.82, 2.24) is 15.2 Å². The SMILES string of the molecule is Cc1ccc(SCc2nc(-c3ccc(C(=O)NCCN4CCOCC4)cc3)oc2C)cc1. The molecular formula is C25H29N3O3S. The van der Waals surface area contributed by atoms with Crippen LogP contribution in [0.1, 0.15) is 27.4 Å². The second kappa shape index (κ2) is 10.8. The summed E-state index contributed by atoms with van der Waals surface area (Å²) in [6.45, 7) is 8.87. The second-order valence-electron chi connectivity index (χ2n) is 7.91. The minimum Gasteiger partial charge on any atom is -0.441 e. The molecule has 2 heterocycles. The highest BCUT2D eigenvalue weighted by molar-refractivity contribution is 7.98. The Labute approximate surface area is 193 Å². The molecule has 7 heteroatoms. The summed E-state index contributed by atoms with van der Waals surface area (Å²) in [5.41, 5.74) is 3.69. The molecule has 0 atom stereocenters. The number of nitrogens with one attached hydrogen (secondary N) is 1. The highest BCUT2D eigenvalue weighted by Crippen LogP contribution is 2.28. The Morgan fingerprint density at radius 3 is 2.50 bits per heavy atom. The molecule has 0 unspecified atom stereocenters. The molecule has 2 aromatic carbocycles. The number of carbonyl (C=O) groups excluding carboxylic acids is 1. The first-order valence-corrected chi connectivity index (χ1v) is 11.9. The molecular weight excluding hydrogens is 422 g/mol. The summed E-state index contributed by atoms with van der Waals surface area (Å²) in [4.78, 5) is 20.6. The summed E-state index contributed by atoms with van der Waals surface area (Å²) in [7, 11) is 0. The predicted octanol–water partition coefficient (Wildman–Crippen LogP) is 4.31. The molecule has 0 radical (unpaired) electrons. The summed E-state index contributed by atoms with van der Waals surface area (Å²) in [6.07, 6.45) is 0. The van der Waals surface area contributed by atoms with Crippen LogP contribution in [-0.2, 0) is 10.5 Å². The number of rotatable bonds is 8. The maximum absolute atomic E-state index is 12.4. The molecule has 1 amide bonds. The molecule has 0 spiro atoms. The fourth-order valence-electron chi connectivity index (χ4n) is 3.49. The maximum atomic E-state index is 12.4. The van der Waals surface area contributed by atoms with Crippen LogP contribution in [0.15, 0.2) is 57.8 Å². The van der Waals surface area contributed by atoms with Crippen LogP contribution in [0, 0.1) is 13.8 Å². The molecule has 1 aliphatic heterocycles. The maximum Gasteiger partial charge on any atom is 0.251 e. The minimum atomic E-state index is -0.0661. The van der Waals surface area contributed by atoms with E-state index in [9.17, 15) is 4.79 Å². The van der Waals surface area contributed by atoms with Gasteiger partial charge in [0.25, 0.3) is 5.91 Å². The van der Waals surface area contributed by atoms with Gasteiger partial charge in [-0.3, -0.25) is 9.69 Å². The lowest BCUT2D eigenvalue weighted by atomic mass is 10.1. The lowest BCUT2D eigenvalue weighted by molar-refractivity contribution is 0.0383. The number of benzene rings is 2. The monoisotopic (exact) mass is 451 g/mol. The zero-order valence-electron chi connectivity index (χ0n) is 18.6. The van der Waals surface area contributed by atoms with Gasteiger partial charge in [-0.15, -0.1) is 11.8 Å². The predicted molar refractivity (Wildman–Crippen MR) is 127 cm³/mol. The summed E-state index contributed by atoms with van der Waals surface area (Å²) in [5, 5.41) is 2.99. The Bertz CT molecular complexity index is 1030. The van der Waals surface area contributed by atoms with E-state index in [0.29, 0.717) is 18.0 Å². The number of amides is 1. The van der Waals surface area contributed by atoms with Gasteiger partial charge in [0.1, 0.15) is 5.76 Å². The first-order valence-electron chi connectivity index (χ1n) is 10.9. The van der Waals surface area contributed by atoms with E-state index in [1.54, 1.807) is 11.8 Å². The van der Waals surface area contributed by atoms with E-state index in [-0.39, 0.29) is 5.91 Å². The second-order valence-corrected chi connectivity index (χ2v) is 8.96. The molecule has 1 aliphatic rings. The molecule has 0 saturated carbocycles. The van der Waals surface area contributed by atoms with Crippen LogP contribution in [-0.4, -0.2) is 55.2 Å². The van der Waals surface area contributed by atoms with Gasteiger partial charge in [0.2, 0.25) is 5.89 Å². The molecule has 168 valence electrons. The van der Waals surface area contributed by atoms with Crippen LogP contribution in [0.3, 0.4) is 0 Å². The Morgan fingerprint density at radius 2 is 1.78 bits per heavy atom. The van der Waals surface area contributed by atoms with E-state index >= 15 is 0 Å². The van der Waals surface area contributed by atoms with E-state index < -0.39 is 0 Å².